The molecule has 0 amide bonds. The summed E-state index contributed by atoms with van der Waals surface area (Å²) >= 11 is 3.34. The van der Waals surface area contributed by atoms with Crippen LogP contribution in [-0.4, -0.2) is 36.3 Å². The van der Waals surface area contributed by atoms with E-state index in [0.717, 1.165) is 29.3 Å². The van der Waals surface area contributed by atoms with Crippen molar-refractivity contribution in [3.8, 4) is 0 Å². The van der Waals surface area contributed by atoms with Crippen LogP contribution in [0.4, 0.5) is 5.82 Å². The molecule has 1 fully saturated rings. The van der Waals surface area contributed by atoms with Crippen molar-refractivity contribution >= 4 is 41.9 Å². The van der Waals surface area contributed by atoms with Crippen LogP contribution in [0.25, 0.3) is 11.0 Å². The summed E-state index contributed by atoms with van der Waals surface area (Å²) in [7, 11) is 1.44. The largest absolute Gasteiger partial charge is 0.378 e. The second kappa shape index (κ2) is 4.99. The zero-order valence-electron chi connectivity index (χ0n) is 9.53. The third kappa shape index (κ3) is 2.06. The Labute approximate surface area is 115 Å². The van der Waals surface area contributed by atoms with Gasteiger partial charge in [-0.25, -0.2) is 0 Å². The quantitative estimate of drug-likeness (QED) is 0.885. The molecule has 5 nitrogen and oxygen atoms in total. The van der Waals surface area contributed by atoms with Crippen LogP contribution in [0.3, 0.4) is 0 Å². The lowest BCUT2D eigenvalue weighted by molar-refractivity contribution is 0.122. The van der Waals surface area contributed by atoms with E-state index >= 15 is 0 Å². The summed E-state index contributed by atoms with van der Waals surface area (Å²) in [6.45, 7) is 3.02. The van der Waals surface area contributed by atoms with E-state index in [2.05, 4.69) is 29.7 Å². The van der Waals surface area contributed by atoms with Crippen molar-refractivity contribution in [1.29, 1.82) is 0 Å². The number of hydrogen-bond donors (Lipinski definition) is 2. The average Bonchev–Trinajstić information content (AvgIpc) is 2.83. The number of nitrogens with one attached hydrogen (secondary N) is 2. The number of H-pyrrole nitrogens is 2. The molecule has 2 N–H and O–H groups in total. The summed E-state index contributed by atoms with van der Waals surface area (Å²) in [4.78, 5) is 21.5. The van der Waals surface area contributed by atoms with Crippen molar-refractivity contribution in [3.63, 3.8) is 0 Å². The van der Waals surface area contributed by atoms with Crippen molar-refractivity contribution in [2.24, 2.45) is 0 Å². The number of aromatic amines is 2. The summed E-state index contributed by atoms with van der Waals surface area (Å²) in [5.74, 6) is 0.859. The van der Waals surface area contributed by atoms with Crippen molar-refractivity contribution in [2.75, 3.05) is 31.2 Å². The van der Waals surface area contributed by atoms with Crippen LogP contribution in [0.1, 0.15) is 0 Å². The Morgan fingerprint density at radius 3 is 2.83 bits per heavy atom. The zero-order chi connectivity index (χ0) is 12.5. The monoisotopic (exact) mass is 329 g/mol. The Balaban J connectivity index is 2.09. The smallest absolute Gasteiger partial charge is 0.207 e. The van der Waals surface area contributed by atoms with Gasteiger partial charge in [-0.3, -0.25) is 4.79 Å². The highest BCUT2D eigenvalue weighted by atomic mass is 79.9. The minimum atomic E-state index is 0.0121. The number of pyridine rings is 1. The third-order valence-corrected chi connectivity index (χ3v) is 4.58. The first-order chi connectivity index (χ1) is 8.79. The lowest BCUT2D eigenvalue weighted by Gasteiger charge is -2.28. The summed E-state index contributed by atoms with van der Waals surface area (Å²) in [5.41, 5.74) is 1.48. The summed E-state index contributed by atoms with van der Waals surface area (Å²) in [5, 5.41) is 0. The van der Waals surface area contributed by atoms with Crippen LogP contribution in [0.15, 0.2) is 22.0 Å². The molecule has 0 saturated carbocycles. The van der Waals surface area contributed by atoms with E-state index in [1.165, 1.54) is 10.2 Å². The fraction of sp³-hybridized carbons (Fsp3) is 0.364. The Hall–Kier alpha value is -0.920. The zero-order valence-corrected chi connectivity index (χ0v) is 11.9. The van der Waals surface area contributed by atoms with Crippen molar-refractivity contribution in [3.05, 3.63) is 22.5 Å². The maximum atomic E-state index is 12.0. The standard InChI is InChI=1S/C11H12BrN3O2S/c12-18-8-6-13-10-7(16)5-9(14-11(8)10)15-1-3-17-4-2-15/h5-6,13H,1-4H2,(H,14,16). The summed E-state index contributed by atoms with van der Waals surface area (Å²) in [6, 6.07) is 1.65. The highest BCUT2D eigenvalue weighted by Crippen LogP contribution is 2.30. The second-order valence-electron chi connectivity index (χ2n) is 4.10. The molecule has 18 heavy (non-hydrogen) atoms. The molecule has 2 aromatic rings. The maximum absolute atomic E-state index is 12.0. The van der Waals surface area contributed by atoms with Crippen molar-refractivity contribution in [2.45, 2.75) is 4.90 Å². The van der Waals surface area contributed by atoms with E-state index in [4.69, 9.17) is 4.74 Å². The van der Waals surface area contributed by atoms with E-state index in [9.17, 15) is 4.79 Å². The SMILES string of the molecule is O=c1cc(N2CCOCC2)[nH]c2c(SBr)c[nH]c12. The highest BCUT2D eigenvalue weighted by Gasteiger charge is 2.15. The van der Waals surface area contributed by atoms with Gasteiger partial charge in [0.2, 0.25) is 5.43 Å². The van der Waals surface area contributed by atoms with Crippen LogP contribution >= 0.6 is 25.0 Å². The number of anilines is 1. The first-order valence-electron chi connectivity index (χ1n) is 5.65. The van der Waals surface area contributed by atoms with Gasteiger partial charge >= 0.3 is 0 Å². The molecule has 3 heterocycles. The Kier molecular flexibility index (Phi) is 3.36. The molecule has 0 radical (unpaired) electrons. The fourth-order valence-corrected chi connectivity index (χ4v) is 3.22. The Bertz CT molecular complexity index is 618. The molecule has 1 aliphatic heterocycles. The van der Waals surface area contributed by atoms with E-state index in [-0.39, 0.29) is 5.43 Å². The molecular formula is C11H12BrN3O2S. The van der Waals surface area contributed by atoms with Gasteiger partial charge < -0.3 is 19.6 Å². The summed E-state index contributed by atoms with van der Waals surface area (Å²) in [6.07, 6.45) is 1.82. The number of nitrogens with zero attached hydrogens (tertiary/aromatic N) is 1. The number of rotatable bonds is 2. The van der Waals surface area contributed by atoms with Crippen LogP contribution in [0.5, 0.6) is 0 Å². The molecule has 3 rings (SSSR count). The molecule has 0 spiro atoms. The normalized spacial score (nSPS) is 16.4. The van der Waals surface area contributed by atoms with Gasteiger partial charge in [0.25, 0.3) is 0 Å². The topological polar surface area (TPSA) is 61.1 Å². The first kappa shape index (κ1) is 12.1. The van der Waals surface area contributed by atoms with Crippen LogP contribution < -0.4 is 10.3 Å². The Morgan fingerprint density at radius 1 is 1.33 bits per heavy atom. The number of hydrogen-bond acceptors (Lipinski definition) is 4. The molecule has 1 saturated heterocycles. The minimum absolute atomic E-state index is 0.0121. The van der Waals surface area contributed by atoms with Crippen molar-refractivity contribution < 1.29 is 4.74 Å². The molecule has 0 atom stereocenters. The van der Waals surface area contributed by atoms with E-state index < -0.39 is 0 Å². The lowest BCUT2D eigenvalue weighted by atomic mass is 10.3. The molecule has 96 valence electrons. The van der Waals surface area contributed by atoms with E-state index in [1.54, 1.807) is 6.07 Å². The molecule has 2 aromatic heterocycles. The molecular weight excluding hydrogens is 318 g/mol. The van der Waals surface area contributed by atoms with Crippen molar-refractivity contribution in [1.82, 2.24) is 9.97 Å². The number of fused-ring (bicyclic) bond motifs is 1. The molecule has 7 heteroatoms. The average molecular weight is 330 g/mol. The molecule has 0 bridgehead atoms. The van der Waals surface area contributed by atoms with E-state index in [1.807, 2.05) is 6.20 Å². The predicted molar refractivity (Wildman–Crippen MR) is 76.7 cm³/mol. The second-order valence-corrected chi connectivity index (χ2v) is 5.66. The minimum Gasteiger partial charge on any atom is -0.378 e. The number of morpholine rings is 1. The number of ether oxygens (including phenoxy) is 1. The van der Waals surface area contributed by atoms with Crippen LogP contribution in [0.2, 0.25) is 0 Å². The molecule has 0 aliphatic carbocycles. The van der Waals surface area contributed by atoms with Gasteiger partial charge in [0, 0.05) is 25.4 Å². The Morgan fingerprint density at radius 2 is 2.11 bits per heavy atom. The first-order valence-corrected chi connectivity index (χ1v) is 8.31. The molecule has 0 aromatic carbocycles. The third-order valence-electron chi connectivity index (χ3n) is 3.05. The van der Waals surface area contributed by atoms with Gasteiger partial charge in [-0.05, 0) is 25.0 Å². The number of halogens is 1. The van der Waals surface area contributed by atoms with E-state index in [0.29, 0.717) is 18.7 Å². The molecule has 1 aliphatic rings. The lowest BCUT2D eigenvalue weighted by Crippen LogP contribution is -2.37. The molecule has 0 unspecified atom stereocenters. The summed E-state index contributed by atoms with van der Waals surface area (Å²) < 4.78 is 5.32. The van der Waals surface area contributed by atoms with Gasteiger partial charge in [-0.1, -0.05) is 0 Å². The van der Waals surface area contributed by atoms with Gasteiger partial charge in [0.1, 0.15) is 11.3 Å². The highest BCUT2D eigenvalue weighted by molar-refractivity contribution is 9.50. The van der Waals surface area contributed by atoms with Gasteiger partial charge in [-0.2, -0.15) is 0 Å². The van der Waals surface area contributed by atoms with Gasteiger partial charge in [0.15, 0.2) is 0 Å². The fourth-order valence-electron chi connectivity index (χ4n) is 2.12. The van der Waals surface area contributed by atoms with Crippen LogP contribution in [0, 0.1) is 0 Å². The van der Waals surface area contributed by atoms with Crippen LogP contribution in [-0.2, 0) is 4.74 Å². The predicted octanol–water partition coefficient (Wildman–Crippen LogP) is 2.09. The van der Waals surface area contributed by atoms with Gasteiger partial charge in [-0.15, -0.1) is 0 Å². The van der Waals surface area contributed by atoms with Gasteiger partial charge in [0.05, 0.1) is 23.6 Å². The maximum Gasteiger partial charge on any atom is 0.207 e. The number of aromatic nitrogens is 2.